The Morgan fingerprint density at radius 3 is 2.69 bits per heavy atom. The highest BCUT2D eigenvalue weighted by molar-refractivity contribution is 7.92. The molecule has 0 saturated heterocycles. The lowest BCUT2D eigenvalue weighted by Crippen LogP contribution is -2.22. The standard InChI is InChI=1S/C28H31F2N5O6S/c1-42(39,35-28(38)31-9-4-2-3-6-27(36)37)17-18-12-25-33-24-15-21(22(30)16-32-24)20-8-7-19(29)14-23(20)40-10-5-11-41-26(13-18)34-25/h7-8,12-16H,2-6,9-11,17H2,1H3,(H,31,38)(H,36,37)(H,32,33,34). The molecule has 3 N–H and O–H groups in total. The predicted octanol–water partition coefficient (Wildman–Crippen LogP) is 5.28. The van der Waals surface area contributed by atoms with Crippen molar-refractivity contribution in [2.24, 2.45) is 4.36 Å². The molecule has 11 nitrogen and oxygen atoms in total. The number of benzene rings is 1. The number of carboxylic acids is 1. The van der Waals surface area contributed by atoms with Crippen LogP contribution in [0.25, 0.3) is 11.1 Å². The molecule has 1 unspecified atom stereocenters. The van der Waals surface area contributed by atoms with Gasteiger partial charge in [-0.2, -0.15) is 4.98 Å². The minimum Gasteiger partial charge on any atom is -0.493 e. The van der Waals surface area contributed by atoms with Gasteiger partial charge in [0.05, 0.1) is 34.9 Å². The number of nitrogens with zero attached hydrogens (tertiary/aromatic N) is 3. The number of hydrogen-bond acceptors (Lipinski definition) is 8. The summed E-state index contributed by atoms with van der Waals surface area (Å²) in [6, 6.07) is 7.77. The zero-order valence-electron chi connectivity index (χ0n) is 22.9. The van der Waals surface area contributed by atoms with Crippen LogP contribution < -0.4 is 20.1 Å². The molecule has 4 bridgehead atoms. The Labute approximate surface area is 241 Å². The van der Waals surface area contributed by atoms with Crippen LogP contribution in [0.15, 0.2) is 47.0 Å². The molecule has 3 aromatic rings. The molecule has 224 valence electrons. The molecule has 42 heavy (non-hydrogen) atoms. The van der Waals surface area contributed by atoms with Gasteiger partial charge in [0, 0.05) is 48.9 Å². The van der Waals surface area contributed by atoms with Crippen LogP contribution in [0.1, 0.15) is 37.7 Å². The van der Waals surface area contributed by atoms with Gasteiger partial charge in [-0.3, -0.25) is 4.79 Å². The maximum absolute atomic E-state index is 14.8. The van der Waals surface area contributed by atoms with Crippen LogP contribution in [0, 0.1) is 11.6 Å². The Balaban J connectivity index is 1.53. The summed E-state index contributed by atoms with van der Waals surface area (Å²) in [4.78, 5) is 31.3. The Bertz CT molecular complexity index is 1580. The monoisotopic (exact) mass is 603 g/mol. The van der Waals surface area contributed by atoms with Crippen LogP contribution in [-0.4, -0.2) is 57.3 Å². The van der Waals surface area contributed by atoms with E-state index in [2.05, 4.69) is 25.0 Å². The SMILES string of the molecule is CS(=O)(Cc1cc2nc(c1)OCCCOc1cc(F)ccc1-c1cc(ncc1F)N2)=NC(=O)NCCCCCC(=O)O. The highest BCUT2D eigenvalue weighted by Gasteiger charge is 2.17. The first-order chi connectivity index (χ1) is 20.1. The maximum Gasteiger partial charge on any atom is 0.349 e. The summed E-state index contributed by atoms with van der Waals surface area (Å²) in [7, 11) is -3.01. The number of amides is 2. The van der Waals surface area contributed by atoms with Crippen molar-refractivity contribution >= 4 is 33.4 Å². The molecule has 0 aliphatic carbocycles. The van der Waals surface area contributed by atoms with Gasteiger partial charge in [0.15, 0.2) is 0 Å². The first kappa shape index (κ1) is 30.6. The summed E-state index contributed by atoms with van der Waals surface area (Å²) in [6.07, 6.45) is 4.58. The molecule has 1 aromatic carbocycles. The molecule has 3 heterocycles. The number of fused-ring (bicyclic) bond motifs is 6. The third-order valence-electron chi connectivity index (χ3n) is 6.06. The van der Waals surface area contributed by atoms with Gasteiger partial charge in [-0.1, -0.05) is 6.42 Å². The van der Waals surface area contributed by atoms with E-state index in [1.54, 1.807) is 12.1 Å². The summed E-state index contributed by atoms with van der Waals surface area (Å²) in [5.74, 6) is -1.19. The number of carbonyl (C=O) groups is 2. The summed E-state index contributed by atoms with van der Waals surface area (Å²) in [6.45, 7) is 0.644. The normalized spacial score (nSPS) is 14.1. The van der Waals surface area contributed by atoms with Crippen molar-refractivity contribution in [3.63, 3.8) is 0 Å². The first-order valence-corrected chi connectivity index (χ1v) is 15.4. The molecule has 4 rings (SSSR count). The highest BCUT2D eigenvalue weighted by atomic mass is 32.2. The van der Waals surface area contributed by atoms with Gasteiger partial charge in [0.2, 0.25) is 5.88 Å². The smallest absolute Gasteiger partial charge is 0.349 e. The number of halogens is 2. The third-order valence-corrected chi connectivity index (χ3v) is 7.48. The largest absolute Gasteiger partial charge is 0.493 e. The first-order valence-electron chi connectivity index (χ1n) is 13.3. The third kappa shape index (κ3) is 9.09. The van der Waals surface area contributed by atoms with Gasteiger partial charge in [0.1, 0.15) is 29.0 Å². The van der Waals surface area contributed by atoms with Gasteiger partial charge >= 0.3 is 12.0 Å². The molecule has 1 aliphatic heterocycles. The van der Waals surface area contributed by atoms with E-state index in [0.717, 1.165) is 6.20 Å². The highest BCUT2D eigenvalue weighted by Crippen LogP contribution is 2.34. The van der Waals surface area contributed by atoms with E-state index in [9.17, 15) is 22.6 Å². The van der Waals surface area contributed by atoms with Crippen LogP contribution in [0.3, 0.4) is 0 Å². The topological polar surface area (TPSA) is 152 Å². The summed E-state index contributed by atoms with van der Waals surface area (Å²) in [5, 5.41) is 14.3. The maximum atomic E-state index is 14.8. The van der Waals surface area contributed by atoms with Crippen molar-refractivity contribution < 1.29 is 37.2 Å². The average molecular weight is 604 g/mol. The number of ether oxygens (including phenoxy) is 2. The van der Waals surface area contributed by atoms with Crippen LogP contribution >= 0.6 is 0 Å². The number of carbonyl (C=O) groups excluding carboxylic acids is 1. The van der Waals surface area contributed by atoms with E-state index < -0.39 is 33.4 Å². The summed E-state index contributed by atoms with van der Waals surface area (Å²) in [5.41, 5.74) is 1.02. The van der Waals surface area contributed by atoms with Crippen molar-refractivity contribution in [3.8, 4) is 22.8 Å². The van der Waals surface area contributed by atoms with Crippen molar-refractivity contribution in [2.45, 2.75) is 37.9 Å². The fourth-order valence-corrected chi connectivity index (χ4v) is 5.47. The number of hydrogen-bond donors (Lipinski definition) is 3. The quantitative estimate of drug-likeness (QED) is 0.292. The Morgan fingerprint density at radius 2 is 1.88 bits per heavy atom. The van der Waals surface area contributed by atoms with Crippen molar-refractivity contribution in [1.82, 2.24) is 15.3 Å². The van der Waals surface area contributed by atoms with Crippen LogP contribution in [0.4, 0.5) is 25.2 Å². The van der Waals surface area contributed by atoms with E-state index in [1.807, 2.05) is 0 Å². The number of pyridine rings is 2. The van der Waals surface area contributed by atoms with Gasteiger partial charge in [0.25, 0.3) is 0 Å². The number of carboxylic acid groups (broad SMARTS) is 1. The lowest BCUT2D eigenvalue weighted by Gasteiger charge is -2.16. The van der Waals surface area contributed by atoms with Gasteiger partial charge in [-0.25, -0.2) is 22.8 Å². The van der Waals surface area contributed by atoms with Crippen LogP contribution in [0.2, 0.25) is 0 Å². The number of anilines is 2. The van der Waals surface area contributed by atoms with E-state index in [1.165, 1.54) is 30.5 Å². The molecule has 1 aliphatic rings. The number of urea groups is 1. The fraction of sp³-hybridized carbons (Fsp3) is 0.357. The second-order valence-corrected chi connectivity index (χ2v) is 12.1. The average Bonchev–Trinajstić information content (AvgIpc) is 2.90. The molecule has 2 aromatic heterocycles. The van der Waals surface area contributed by atoms with Gasteiger partial charge in [-0.05, 0) is 42.7 Å². The second kappa shape index (κ2) is 14.0. The minimum atomic E-state index is -3.01. The minimum absolute atomic E-state index is 0.0664. The number of aliphatic carboxylic acids is 1. The van der Waals surface area contributed by atoms with Gasteiger partial charge in [-0.15, -0.1) is 4.36 Å². The molecule has 0 spiro atoms. The van der Waals surface area contributed by atoms with E-state index >= 15 is 0 Å². The van der Waals surface area contributed by atoms with Crippen LogP contribution in [-0.2, 0) is 20.3 Å². The lowest BCUT2D eigenvalue weighted by molar-refractivity contribution is -0.137. The molecule has 0 saturated carbocycles. The van der Waals surface area contributed by atoms with E-state index in [0.29, 0.717) is 36.8 Å². The summed E-state index contributed by atoms with van der Waals surface area (Å²) < 4.78 is 57.3. The number of nitrogens with one attached hydrogen (secondary N) is 2. The Kier molecular flexibility index (Phi) is 10.2. The molecule has 1 atom stereocenters. The molecular formula is C28H31F2N5O6S. The van der Waals surface area contributed by atoms with E-state index in [4.69, 9.17) is 14.6 Å². The molecular weight excluding hydrogens is 572 g/mol. The number of aromatic nitrogens is 2. The Hall–Kier alpha value is -4.33. The summed E-state index contributed by atoms with van der Waals surface area (Å²) >= 11 is 0. The van der Waals surface area contributed by atoms with Crippen LogP contribution in [0.5, 0.6) is 11.6 Å². The van der Waals surface area contributed by atoms with Crippen molar-refractivity contribution in [3.05, 3.63) is 59.8 Å². The zero-order chi connectivity index (χ0) is 30.1. The van der Waals surface area contributed by atoms with E-state index in [-0.39, 0.29) is 60.8 Å². The molecule has 14 heteroatoms. The molecule has 0 radical (unpaired) electrons. The Morgan fingerprint density at radius 1 is 1.07 bits per heavy atom. The second-order valence-electron chi connectivity index (χ2n) is 9.70. The van der Waals surface area contributed by atoms with Crippen molar-refractivity contribution in [1.29, 1.82) is 0 Å². The molecule has 2 amide bonds. The van der Waals surface area contributed by atoms with Crippen molar-refractivity contribution in [2.75, 3.05) is 31.3 Å². The van der Waals surface area contributed by atoms with Gasteiger partial charge < -0.3 is 25.2 Å². The predicted molar refractivity (Wildman–Crippen MR) is 152 cm³/mol. The fourth-order valence-electron chi connectivity index (χ4n) is 4.20. The molecule has 0 fully saturated rings. The zero-order valence-corrected chi connectivity index (χ0v) is 23.7. The number of rotatable bonds is 8. The lowest BCUT2D eigenvalue weighted by atomic mass is 10.0. The number of unbranched alkanes of at least 4 members (excludes halogenated alkanes) is 2.